The lowest BCUT2D eigenvalue weighted by Crippen LogP contribution is -2.46. The number of carbonyl (C=O) groups excluding carboxylic acids is 1. The fourth-order valence-corrected chi connectivity index (χ4v) is 4.72. The zero-order valence-electron chi connectivity index (χ0n) is 19.5. The van der Waals surface area contributed by atoms with E-state index < -0.39 is 5.41 Å². The molecule has 0 aliphatic heterocycles. The van der Waals surface area contributed by atoms with E-state index in [-0.39, 0.29) is 5.91 Å². The summed E-state index contributed by atoms with van der Waals surface area (Å²) in [7, 11) is 0. The highest BCUT2D eigenvalue weighted by atomic mass is 16.2. The summed E-state index contributed by atoms with van der Waals surface area (Å²) in [5.74, 6) is -0.0479. The molecule has 5 rings (SSSR count). The second-order valence-corrected chi connectivity index (χ2v) is 8.59. The van der Waals surface area contributed by atoms with Gasteiger partial charge >= 0.3 is 0 Å². The Morgan fingerprint density at radius 2 is 0.857 bits per heavy atom. The Kier molecular flexibility index (Phi) is 6.54. The van der Waals surface area contributed by atoms with E-state index in [1.54, 1.807) is 0 Å². The van der Waals surface area contributed by atoms with Gasteiger partial charge in [-0.15, -0.1) is 0 Å². The van der Waals surface area contributed by atoms with Gasteiger partial charge in [-0.25, -0.2) is 0 Å². The van der Waals surface area contributed by atoms with E-state index in [4.69, 9.17) is 0 Å². The van der Waals surface area contributed by atoms with Gasteiger partial charge in [0.15, 0.2) is 0 Å². The molecule has 2 nitrogen and oxygen atoms in total. The molecule has 2 heteroatoms. The third kappa shape index (κ3) is 4.51. The number of hydrogen-bond donors (Lipinski definition) is 1. The van der Waals surface area contributed by atoms with Gasteiger partial charge in [0.25, 0.3) is 0 Å². The Morgan fingerprint density at radius 3 is 1.29 bits per heavy atom. The molecule has 5 aromatic rings. The van der Waals surface area contributed by atoms with Crippen molar-refractivity contribution in [3.63, 3.8) is 0 Å². The molecule has 0 radical (unpaired) electrons. The van der Waals surface area contributed by atoms with E-state index in [0.717, 1.165) is 27.8 Å². The van der Waals surface area contributed by atoms with Gasteiger partial charge in [0.2, 0.25) is 5.91 Å². The van der Waals surface area contributed by atoms with Crippen LogP contribution in [-0.4, -0.2) is 5.91 Å². The topological polar surface area (TPSA) is 29.1 Å². The molecule has 0 aliphatic carbocycles. The molecule has 0 saturated carbocycles. The lowest BCUT2D eigenvalue weighted by molar-refractivity contribution is -0.124. The minimum atomic E-state index is -0.965. The van der Waals surface area contributed by atoms with Crippen molar-refractivity contribution >= 4 is 5.91 Å². The first kappa shape index (κ1) is 22.4. The first-order chi connectivity index (χ1) is 17.3. The summed E-state index contributed by atoms with van der Waals surface area (Å²) in [5.41, 5.74) is 5.25. The van der Waals surface area contributed by atoms with E-state index in [1.807, 2.05) is 109 Å². The van der Waals surface area contributed by atoms with Crippen molar-refractivity contribution < 1.29 is 4.79 Å². The minimum absolute atomic E-state index is 0.0479. The van der Waals surface area contributed by atoms with Crippen LogP contribution < -0.4 is 5.32 Å². The van der Waals surface area contributed by atoms with Crippen molar-refractivity contribution in [2.24, 2.45) is 0 Å². The Hall–Kier alpha value is -4.43. The maximum atomic E-state index is 14.2. The average molecular weight is 454 g/mol. The molecule has 0 saturated heterocycles. The molecule has 0 fully saturated rings. The molecule has 1 amide bonds. The van der Waals surface area contributed by atoms with Gasteiger partial charge in [-0.1, -0.05) is 146 Å². The van der Waals surface area contributed by atoms with Crippen LogP contribution in [0.4, 0.5) is 0 Å². The molecule has 0 aliphatic rings. The number of carbonyl (C=O) groups is 1. The van der Waals surface area contributed by atoms with Gasteiger partial charge in [0.1, 0.15) is 5.41 Å². The largest absolute Gasteiger partial charge is 0.351 e. The van der Waals surface area contributed by atoms with E-state index in [2.05, 4.69) is 41.7 Å². The molecule has 35 heavy (non-hydrogen) atoms. The van der Waals surface area contributed by atoms with Crippen LogP contribution in [0.2, 0.25) is 0 Å². The SMILES string of the molecule is O=C(NCc1ccc(-c2ccccc2)cc1)C(c1ccccc1)(c1ccccc1)c1ccccc1. The molecular formula is C33H27NO. The molecule has 0 aromatic heterocycles. The fourth-order valence-electron chi connectivity index (χ4n) is 4.72. The lowest BCUT2D eigenvalue weighted by atomic mass is 9.68. The van der Waals surface area contributed by atoms with Crippen LogP contribution in [0.15, 0.2) is 146 Å². The van der Waals surface area contributed by atoms with E-state index in [0.29, 0.717) is 6.54 Å². The third-order valence-corrected chi connectivity index (χ3v) is 6.48. The molecule has 0 spiro atoms. The van der Waals surface area contributed by atoms with Gasteiger partial charge in [-0.2, -0.15) is 0 Å². The zero-order valence-corrected chi connectivity index (χ0v) is 19.5. The van der Waals surface area contributed by atoms with Gasteiger partial charge < -0.3 is 5.32 Å². The highest BCUT2D eigenvalue weighted by molar-refractivity contribution is 5.96. The smallest absolute Gasteiger partial charge is 0.239 e. The second kappa shape index (κ2) is 10.2. The number of hydrogen-bond acceptors (Lipinski definition) is 1. The van der Waals surface area contributed by atoms with E-state index in [1.165, 1.54) is 5.56 Å². The summed E-state index contributed by atoms with van der Waals surface area (Å²) in [5, 5.41) is 3.26. The van der Waals surface area contributed by atoms with Gasteiger partial charge in [-0.3, -0.25) is 4.79 Å². The molecule has 0 bridgehead atoms. The molecule has 170 valence electrons. The first-order valence-electron chi connectivity index (χ1n) is 11.9. The number of rotatable bonds is 7. The molecule has 0 atom stereocenters. The first-order valence-corrected chi connectivity index (χ1v) is 11.9. The lowest BCUT2D eigenvalue weighted by Gasteiger charge is -2.34. The van der Waals surface area contributed by atoms with Crippen molar-refractivity contribution in [1.29, 1.82) is 0 Å². The fraction of sp³-hybridized carbons (Fsp3) is 0.0606. The van der Waals surface area contributed by atoms with Crippen molar-refractivity contribution in [3.05, 3.63) is 168 Å². The van der Waals surface area contributed by atoms with E-state index >= 15 is 0 Å². The number of amides is 1. The predicted molar refractivity (Wildman–Crippen MR) is 143 cm³/mol. The zero-order chi connectivity index (χ0) is 23.9. The van der Waals surface area contributed by atoms with Crippen LogP contribution in [0.3, 0.4) is 0 Å². The van der Waals surface area contributed by atoms with Crippen LogP contribution in [0.1, 0.15) is 22.3 Å². The van der Waals surface area contributed by atoms with Crippen molar-refractivity contribution in [1.82, 2.24) is 5.32 Å². The average Bonchev–Trinajstić information content (AvgIpc) is 2.95. The summed E-state index contributed by atoms with van der Waals surface area (Å²) in [6, 6.07) is 48.8. The third-order valence-electron chi connectivity index (χ3n) is 6.48. The van der Waals surface area contributed by atoms with Crippen LogP contribution in [0.5, 0.6) is 0 Å². The Morgan fingerprint density at radius 1 is 0.486 bits per heavy atom. The summed E-state index contributed by atoms with van der Waals surface area (Å²) in [6.07, 6.45) is 0. The maximum absolute atomic E-state index is 14.2. The van der Waals surface area contributed by atoms with Crippen LogP contribution in [0, 0.1) is 0 Å². The van der Waals surface area contributed by atoms with Gasteiger partial charge in [0, 0.05) is 6.54 Å². The molecule has 0 heterocycles. The molecule has 1 N–H and O–H groups in total. The highest BCUT2D eigenvalue weighted by Gasteiger charge is 2.43. The summed E-state index contributed by atoms with van der Waals surface area (Å²) < 4.78 is 0. The van der Waals surface area contributed by atoms with E-state index in [9.17, 15) is 4.79 Å². The Bertz CT molecular complexity index is 1270. The minimum Gasteiger partial charge on any atom is -0.351 e. The second-order valence-electron chi connectivity index (χ2n) is 8.59. The normalized spacial score (nSPS) is 11.1. The summed E-state index contributed by atoms with van der Waals surface area (Å²) in [6.45, 7) is 0.447. The van der Waals surface area contributed by atoms with Gasteiger partial charge in [-0.05, 0) is 33.4 Å². The van der Waals surface area contributed by atoms with Crippen molar-refractivity contribution in [2.75, 3.05) is 0 Å². The summed E-state index contributed by atoms with van der Waals surface area (Å²) >= 11 is 0. The van der Waals surface area contributed by atoms with Gasteiger partial charge in [0.05, 0.1) is 0 Å². The standard InChI is InChI=1S/C33H27NO/c35-32(34-25-26-21-23-28(24-22-26)27-13-5-1-6-14-27)33(29-15-7-2-8-16-29,30-17-9-3-10-18-30)31-19-11-4-12-20-31/h1-24H,25H2,(H,34,35). The summed E-state index contributed by atoms with van der Waals surface area (Å²) in [4.78, 5) is 14.2. The molecular weight excluding hydrogens is 426 g/mol. The monoisotopic (exact) mass is 453 g/mol. The molecule has 0 unspecified atom stereocenters. The van der Waals surface area contributed by atoms with Crippen molar-refractivity contribution in [3.8, 4) is 11.1 Å². The van der Waals surface area contributed by atoms with Crippen LogP contribution >= 0.6 is 0 Å². The Labute approximate surface area is 206 Å². The molecule has 5 aromatic carbocycles. The van der Waals surface area contributed by atoms with Crippen LogP contribution in [0.25, 0.3) is 11.1 Å². The van der Waals surface area contributed by atoms with Crippen LogP contribution in [-0.2, 0) is 16.8 Å². The predicted octanol–water partition coefficient (Wildman–Crippen LogP) is 7.00. The number of nitrogens with one attached hydrogen (secondary N) is 1. The Balaban J connectivity index is 1.50. The number of benzene rings is 5. The quantitative estimate of drug-likeness (QED) is 0.264. The maximum Gasteiger partial charge on any atom is 0.239 e. The highest BCUT2D eigenvalue weighted by Crippen LogP contribution is 2.39. The van der Waals surface area contributed by atoms with Crippen molar-refractivity contribution in [2.45, 2.75) is 12.0 Å².